The molecule has 1 aromatic heterocycles. The number of hydrogen-bond acceptors (Lipinski definition) is 1. The molecule has 0 aliphatic heterocycles. The van der Waals surface area contributed by atoms with Crippen LogP contribution in [0.15, 0.2) is 42.5 Å². The Morgan fingerprint density at radius 1 is 1.11 bits per heavy atom. The first-order chi connectivity index (χ1) is 8.78. The molecule has 90 valence electrons. The molecule has 2 heteroatoms. The molecule has 1 heterocycles. The fraction of sp³-hybridized carbons (Fsp3) is 0.188. The average Bonchev–Trinajstić information content (AvgIpc) is 2.81. The summed E-state index contributed by atoms with van der Waals surface area (Å²) in [5, 5.41) is 8.76. The Hall–Kier alpha value is -2.09. The summed E-state index contributed by atoms with van der Waals surface area (Å²) in [6, 6.07) is 15.0. The van der Waals surface area contributed by atoms with Crippen molar-refractivity contribution in [3.05, 3.63) is 53.6 Å². The molecule has 0 spiro atoms. The Labute approximate surface area is 107 Å². The second-order valence-electron chi connectivity index (χ2n) is 4.68. The number of hydrogen-bond donors (Lipinski definition) is 1. The predicted octanol–water partition coefficient (Wildman–Crippen LogP) is 4.10. The number of fused-ring (bicyclic) bond motifs is 1. The molecule has 18 heavy (non-hydrogen) atoms. The largest absolute Gasteiger partial charge is 0.277 e. The molecule has 0 aliphatic carbocycles. The zero-order chi connectivity index (χ0) is 12.5. The third-order valence-electron chi connectivity index (χ3n) is 3.33. The molecule has 0 bridgehead atoms. The molecule has 3 rings (SSSR count). The van der Waals surface area contributed by atoms with Crippen LogP contribution in [0.3, 0.4) is 0 Å². The van der Waals surface area contributed by atoms with Crippen LogP contribution in [0.1, 0.15) is 18.1 Å². The summed E-state index contributed by atoms with van der Waals surface area (Å²) in [5.41, 5.74) is 5.93. The summed E-state index contributed by atoms with van der Waals surface area (Å²) in [6.07, 6.45) is 1.05. The summed E-state index contributed by atoms with van der Waals surface area (Å²) in [5.74, 6) is 0. The van der Waals surface area contributed by atoms with Crippen molar-refractivity contribution in [1.29, 1.82) is 0 Å². The molecule has 3 aromatic rings. The number of aromatic amines is 1. The molecule has 0 radical (unpaired) electrons. The summed E-state index contributed by atoms with van der Waals surface area (Å²) in [7, 11) is 0. The van der Waals surface area contributed by atoms with Gasteiger partial charge in [-0.25, -0.2) is 0 Å². The normalized spacial score (nSPS) is 11.0. The van der Waals surface area contributed by atoms with E-state index in [1.807, 2.05) is 0 Å². The molecule has 0 fully saturated rings. The van der Waals surface area contributed by atoms with Gasteiger partial charge in [0, 0.05) is 10.9 Å². The summed E-state index contributed by atoms with van der Waals surface area (Å²) in [4.78, 5) is 0. The predicted molar refractivity (Wildman–Crippen MR) is 75.6 cm³/mol. The van der Waals surface area contributed by atoms with Gasteiger partial charge in [-0.3, -0.25) is 5.10 Å². The molecule has 0 amide bonds. The van der Waals surface area contributed by atoms with Gasteiger partial charge >= 0.3 is 0 Å². The Kier molecular flexibility index (Phi) is 2.63. The van der Waals surface area contributed by atoms with Crippen molar-refractivity contribution in [2.24, 2.45) is 0 Å². The van der Waals surface area contributed by atoms with E-state index in [0.717, 1.165) is 17.6 Å². The van der Waals surface area contributed by atoms with E-state index in [0.29, 0.717) is 0 Å². The van der Waals surface area contributed by atoms with Gasteiger partial charge < -0.3 is 0 Å². The quantitative estimate of drug-likeness (QED) is 0.713. The summed E-state index contributed by atoms with van der Waals surface area (Å²) >= 11 is 0. The van der Waals surface area contributed by atoms with Crippen LogP contribution in [-0.2, 0) is 6.42 Å². The number of H-pyrrole nitrogens is 1. The van der Waals surface area contributed by atoms with E-state index in [1.165, 1.54) is 22.1 Å². The van der Waals surface area contributed by atoms with Gasteiger partial charge in [-0.2, -0.15) is 5.10 Å². The average molecular weight is 236 g/mol. The topological polar surface area (TPSA) is 28.7 Å². The van der Waals surface area contributed by atoms with E-state index in [4.69, 9.17) is 0 Å². The molecule has 2 aromatic carbocycles. The third kappa shape index (κ3) is 1.80. The first-order valence-electron chi connectivity index (χ1n) is 6.32. The second-order valence-corrected chi connectivity index (χ2v) is 4.68. The summed E-state index contributed by atoms with van der Waals surface area (Å²) in [6.45, 7) is 4.28. The number of nitrogens with one attached hydrogen (secondary N) is 1. The lowest BCUT2D eigenvalue weighted by atomic mass is 10.0. The lowest BCUT2D eigenvalue weighted by molar-refractivity contribution is 1.11. The van der Waals surface area contributed by atoms with E-state index < -0.39 is 0 Å². The van der Waals surface area contributed by atoms with Gasteiger partial charge in [-0.05, 0) is 37.1 Å². The minimum Gasteiger partial charge on any atom is -0.277 e. The fourth-order valence-electron chi connectivity index (χ4n) is 2.29. The highest BCUT2D eigenvalue weighted by molar-refractivity contribution is 5.93. The Morgan fingerprint density at radius 3 is 2.83 bits per heavy atom. The number of nitrogens with zero attached hydrogens (tertiary/aromatic N) is 1. The molecule has 0 aliphatic rings. The van der Waals surface area contributed by atoms with Crippen LogP contribution < -0.4 is 0 Å². The van der Waals surface area contributed by atoms with Crippen molar-refractivity contribution in [3.8, 4) is 11.3 Å². The van der Waals surface area contributed by atoms with E-state index in [1.54, 1.807) is 0 Å². The van der Waals surface area contributed by atoms with E-state index >= 15 is 0 Å². The van der Waals surface area contributed by atoms with Crippen LogP contribution in [0.4, 0.5) is 0 Å². The third-order valence-corrected chi connectivity index (χ3v) is 3.33. The van der Waals surface area contributed by atoms with E-state index in [9.17, 15) is 0 Å². The van der Waals surface area contributed by atoms with Gasteiger partial charge in [0.25, 0.3) is 0 Å². The Morgan fingerprint density at radius 2 is 2.00 bits per heavy atom. The number of aromatic nitrogens is 2. The zero-order valence-electron chi connectivity index (χ0n) is 10.7. The number of rotatable bonds is 2. The molecule has 0 saturated carbocycles. The lowest BCUT2D eigenvalue weighted by Crippen LogP contribution is -1.83. The molecule has 0 unspecified atom stereocenters. The SMILES string of the molecule is CCc1cccc(-c2n[nH]c3ccc(C)cc23)c1. The van der Waals surface area contributed by atoms with Crippen molar-refractivity contribution < 1.29 is 0 Å². The lowest BCUT2D eigenvalue weighted by Gasteiger charge is -2.01. The van der Waals surface area contributed by atoms with Crippen LogP contribution in [0.5, 0.6) is 0 Å². The van der Waals surface area contributed by atoms with E-state index in [-0.39, 0.29) is 0 Å². The minimum atomic E-state index is 1.05. The van der Waals surface area contributed by atoms with Crippen molar-refractivity contribution in [2.75, 3.05) is 0 Å². The first-order valence-corrected chi connectivity index (χ1v) is 6.32. The van der Waals surface area contributed by atoms with Crippen molar-refractivity contribution in [1.82, 2.24) is 10.2 Å². The molecule has 1 N–H and O–H groups in total. The monoisotopic (exact) mass is 236 g/mol. The maximum Gasteiger partial charge on any atom is 0.0999 e. The number of benzene rings is 2. The van der Waals surface area contributed by atoms with Crippen LogP contribution >= 0.6 is 0 Å². The zero-order valence-corrected chi connectivity index (χ0v) is 10.7. The first kappa shape index (κ1) is 11.0. The minimum absolute atomic E-state index is 1.05. The van der Waals surface area contributed by atoms with Gasteiger partial charge in [0.1, 0.15) is 0 Å². The molecular weight excluding hydrogens is 220 g/mol. The molecular formula is C16H16N2. The van der Waals surface area contributed by atoms with Crippen LogP contribution in [-0.4, -0.2) is 10.2 Å². The van der Waals surface area contributed by atoms with Gasteiger partial charge in [0.15, 0.2) is 0 Å². The molecule has 0 atom stereocenters. The van der Waals surface area contributed by atoms with Crippen molar-refractivity contribution >= 4 is 10.9 Å². The maximum atomic E-state index is 4.46. The van der Waals surface area contributed by atoms with Gasteiger partial charge in [-0.1, -0.05) is 36.8 Å². The van der Waals surface area contributed by atoms with Crippen molar-refractivity contribution in [2.45, 2.75) is 20.3 Å². The second kappa shape index (κ2) is 4.30. The van der Waals surface area contributed by atoms with Crippen molar-refractivity contribution in [3.63, 3.8) is 0 Å². The van der Waals surface area contributed by atoms with E-state index in [2.05, 4.69) is 66.5 Å². The highest BCUT2D eigenvalue weighted by atomic mass is 15.1. The standard InChI is InChI=1S/C16H16N2/c1-3-12-5-4-6-13(10-12)16-14-9-11(2)7-8-15(14)17-18-16/h4-10H,3H2,1-2H3,(H,17,18). The summed E-state index contributed by atoms with van der Waals surface area (Å²) < 4.78 is 0. The van der Waals surface area contributed by atoms with Gasteiger partial charge in [-0.15, -0.1) is 0 Å². The maximum absolute atomic E-state index is 4.46. The van der Waals surface area contributed by atoms with Gasteiger partial charge in [0.05, 0.1) is 11.2 Å². The smallest absolute Gasteiger partial charge is 0.0999 e. The Balaban J connectivity index is 2.21. The molecule has 2 nitrogen and oxygen atoms in total. The molecule has 0 saturated heterocycles. The van der Waals surface area contributed by atoms with Crippen LogP contribution in [0.25, 0.3) is 22.2 Å². The van der Waals surface area contributed by atoms with Crippen LogP contribution in [0.2, 0.25) is 0 Å². The Bertz CT molecular complexity index is 695. The fourth-order valence-corrected chi connectivity index (χ4v) is 2.29. The highest BCUT2D eigenvalue weighted by Gasteiger charge is 2.08. The van der Waals surface area contributed by atoms with Gasteiger partial charge in [0.2, 0.25) is 0 Å². The number of aryl methyl sites for hydroxylation is 2. The van der Waals surface area contributed by atoms with Crippen LogP contribution in [0, 0.1) is 6.92 Å². The highest BCUT2D eigenvalue weighted by Crippen LogP contribution is 2.27.